The van der Waals surface area contributed by atoms with E-state index in [0.717, 1.165) is 19.6 Å². The van der Waals surface area contributed by atoms with Crippen LogP contribution in [-0.4, -0.2) is 42.5 Å². The highest BCUT2D eigenvalue weighted by molar-refractivity contribution is 5.76. The van der Waals surface area contributed by atoms with E-state index in [1.165, 1.54) is 44.9 Å². The van der Waals surface area contributed by atoms with E-state index in [9.17, 15) is 4.79 Å². The number of piperidine rings is 1. The number of nitrogens with zero attached hydrogens (tertiary/aromatic N) is 1. The summed E-state index contributed by atoms with van der Waals surface area (Å²) < 4.78 is 0. The minimum Gasteiger partial charge on any atom is -0.353 e. The standard InChI is InChI=1S/C16H31N3O/c1-13(17)14-7-10-19(11-8-14)12-9-16(20)18-15-5-3-2-4-6-15/h13-15H,2-12,17H2,1H3,(H,18,20). The zero-order valence-corrected chi connectivity index (χ0v) is 12.9. The van der Waals surface area contributed by atoms with Crippen LogP contribution in [-0.2, 0) is 4.79 Å². The number of hydrogen-bond donors (Lipinski definition) is 2. The summed E-state index contributed by atoms with van der Waals surface area (Å²) in [5.41, 5.74) is 5.96. The average Bonchev–Trinajstić information content (AvgIpc) is 2.46. The van der Waals surface area contributed by atoms with Crippen molar-refractivity contribution < 1.29 is 4.79 Å². The van der Waals surface area contributed by atoms with E-state index in [-0.39, 0.29) is 5.91 Å². The van der Waals surface area contributed by atoms with Crippen molar-refractivity contribution in [3.05, 3.63) is 0 Å². The van der Waals surface area contributed by atoms with E-state index in [4.69, 9.17) is 5.73 Å². The van der Waals surface area contributed by atoms with Gasteiger partial charge in [0.05, 0.1) is 0 Å². The Morgan fingerprint density at radius 1 is 1.20 bits per heavy atom. The minimum atomic E-state index is 0.242. The first kappa shape index (κ1) is 15.8. The minimum absolute atomic E-state index is 0.242. The molecule has 20 heavy (non-hydrogen) atoms. The maximum absolute atomic E-state index is 12.0. The van der Waals surface area contributed by atoms with Crippen molar-refractivity contribution >= 4 is 5.91 Å². The lowest BCUT2D eigenvalue weighted by Crippen LogP contribution is -2.42. The highest BCUT2D eigenvalue weighted by atomic mass is 16.1. The van der Waals surface area contributed by atoms with Crippen molar-refractivity contribution in [1.29, 1.82) is 0 Å². The number of likely N-dealkylation sites (tertiary alicyclic amines) is 1. The van der Waals surface area contributed by atoms with Crippen LogP contribution in [0.15, 0.2) is 0 Å². The third-order valence-corrected chi connectivity index (χ3v) is 5.00. The smallest absolute Gasteiger partial charge is 0.221 e. The summed E-state index contributed by atoms with van der Waals surface area (Å²) in [7, 11) is 0. The van der Waals surface area contributed by atoms with E-state index < -0.39 is 0 Å². The lowest BCUT2D eigenvalue weighted by atomic mass is 9.91. The summed E-state index contributed by atoms with van der Waals surface area (Å²) in [6, 6.07) is 0.756. The molecule has 0 bridgehead atoms. The van der Waals surface area contributed by atoms with Crippen LogP contribution < -0.4 is 11.1 Å². The Kier molecular flexibility index (Phi) is 6.30. The molecule has 4 nitrogen and oxygen atoms in total. The van der Waals surface area contributed by atoms with Gasteiger partial charge in [0.1, 0.15) is 0 Å². The average molecular weight is 281 g/mol. The number of carbonyl (C=O) groups is 1. The second-order valence-corrected chi connectivity index (χ2v) is 6.69. The maximum Gasteiger partial charge on any atom is 0.221 e. The van der Waals surface area contributed by atoms with Gasteiger partial charge in [-0.25, -0.2) is 0 Å². The fourth-order valence-corrected chi connectivity index (χ4v) is 3.51. The molecule has 2 fully saturated rings. The quantitative estimate of drug-likeness (QED) is 0.809. The van der Waals surface area contributed by atoms with E-state index >= 15 is 0 Å². The Balaban J connectivity index is 1.59. The Morgan fingerprint density at radius 2 is 1.85 bits per heavy atom. The van der Waals surface area contributed by atoms with Crippen LogP contribution in [0.4, 0.5) is 0 Å². The Bertz CT molecular complexity index is 292. The first-order valence-electron chi connectivity index (χ1n) is 8.42. The highest BCUT2D eigenvalue weighted by Gasteiger charge is 2.22. The molecule has 0 aromatic heterocycles. The topological polar surface area (TPSA) is 58.4 Å². The summed E-state index contributed by atoms with van der Waals surface area (Å²) in [5.74, 6) is 0.911. The van der Waals surface area contributed by atoms with Crippen LogP contribution in [0, 0.1) is 5.92 Å². The third-order valence-electron chi connectivity index (χ3n) is 5.00. The van der Waals surface area contributed by atoms with Crippen LogP contribution in [0.1, 0.15) is 58.3 Å². The molecule has 0 radical (unpaired) electrons. The van der Waals surface area contributed by atoms with Gasteiger partial charge in [-0.2, -0.15) is 0 Å². The van der Waals surface area contributed by atoms with Crippen LogP contribution in [0.5, 0.6) is 0 Å². The van der Waals surface area contributed by atoms with Crippen molar-refractivity contribution in [3.63, 3.8) is 0 Å². The van der Waals surface area contributed by atoms with Gasteiger partial charge >= 0.3 is 0 Å². The summed E-state index contributed by atoms with van der Waals surface area (Å²) in [4.78, 5) is 14.4. The lowest BCUT2D eigenvalue weighted by molar-refractivity contribution is -0.122. The van der Waals surface area contributed by atoms with Crippen LogP contribution in [0.25, 0.3) is 0 Å². The molecule has 1 amide bonds. The van der Waals surface area contributed by atoms with Gasteiger partial charge in [-0.05, 0) is 51.6 Å². The molecular formula is C16H31N3O. The molecule has 1 atom stereocenters. The fraction of sp³-hybridized carbons (Fsp3) is 0.938. The number of nitrogens with one attached hydrogen (secondary N) is 1. The predicted molar refractivity (Wildman–Crippen MR) is 82.4 cm³/mol. The molecule has 1 heterocycles. The molecule has 0 aromatic carbocycles. The molecular weight excluding hydrogens is 250 g/mol. The molecule has 1 saturated carbocycles. The van der Waals surface area contributed by atoms with E-state index in [2.05, 4.69) is 17.1 Å². The number of carbonyl (C=O) groups excluding carboxylic acids is 1. The van der Waals surface area contributed by atoms with Gasteiger partial charge in [-0.3, -0.25) is 4.79 Å². The summed E-state index contributed by atoms with van der Waals surface area (Å²) >= 11 is 0. The summed E-state index contributed by atoms with van der Waals surface area (Å²) in [5, 5.41) is 3.20. The first-order chi connectivity index (χ1) is 9.65. The molecule has 0 spiro atoms. The van der Waals surface area contributed by atoms with Crippen LogP contribution in [0.2, 0.25) is 0 Å². The Labute approximate surface area is 123 Å². The Hall–Kier alpha value is -0.610. The molecule has 3 N–H and O–H groups in total. The number of hydrogen-bond acceptors (Lipinski definition) is 3. The second kappa shape index (κ2) is 7.99. The molecule has 4 heteroatoms. The molecule has 1 aliphatic heterocycles. The van der Waals surface area contributed by atoms with Gasteiger partial charge in [0, 0.05) is 25.0 Å². The van der Waals surface area contributed by atoms with Crippen molar-refractivity contribution in [2.45, 2.75) is 70.4 Å². The van der Waals surface area contributed by atoms with Crippen LogP contribution in [0.3, 0.4) is 0 Å². The van der Waals surface area contributed by atoms with Gasteiger partial charge < -0.3 is 16.0 Å². The van der Waals surface area contributed by atoms with E-state index in [1.54, 1.807) is 0 Å². The third kappa shape index (κ3) is 5.06. The monoisotopic (exact) mass is 281 g/mol. The van der Waals surface area contributed by atoms with Gasteiger partial charge in [-0.1, -0.05) is 19.3 Å². The molecule has 1 saturated heterocycles. The van der Waals surface area contributed by atoms with E-state index in [1.807, 2.05) is 0 Å². The van der Waals surface area contributed by atoms with Gasteiger partial charge in [0.15, 0.2) is 0 Å². The van der Waals surface area contributed by atoms with Crippen molar-refractivity contribution in [2.24, 2.45) is 11.7 Å². The normalized spacial score (nSPS) is 24.5. The van der Waals surface area contributed by atoms with Gasteiger partial charge in [0.25, 0.3) is 0 Å². The number of rotatable bonds is 5. The van der Waals surface area contributed by atoms with Crippen molar-refractivity contribution in [1.82, 2.24) is 10.2 Å². The molecule has 2 rings (SSSR count). The SMILES string of the molecule is CC(N)C1CCN(CCC(=O)NC2CCCCC2)CC1. The zero-order chi connectivity index (χ0) is 14.4. The van der Waals surface area contributed by atoms with E-state index in [0.29, 0.717) is 24.4 Å². The summed E-state index contributed by atoms with van der Waals surface area (Å²) in [6.45, 7) is 5.22. The largest absolute Gasteiger partial charge is 0.353 e. The zero-order valence-electron chi connectivity index (χ0n) is 12.9. The molecule has 1 unspecified atom stereocenters. The molecule has 1 aliphatic carbocycles. The molecule has 116 valence electrons. The van der Waals surface area contributed by atoms with Crippen LogP contribution >= 0.6 is 0 Å². The number of nitrogens with two attached hydrogens (primary N) is 1. The Morgan fingerprint density at radius 3 is 2.45 bits per heavy atom. The van der Waals surface area contributed by atoms with Gasteiger partial charge in [0.2, 0.25) is 5.91 Å². The number of amides is 1. The molecule has 0 aromatic rings. The summed E-state index contributed by atoms with van der Waals surface area (Å²) in [6.07, 6.45) is 9.24. The van der Waals surface area contributed by atoms with Crippen molar-refractivity contribution in [2.75, 3.05) is 19.6 Å². The van der Waals surface area contributed by atoms with Crippen molar-refractivity contribution in [3.8, 4) is 0 Å². The first-order valence-corrected chi connectivity index (χ1v) is 8.42. The predicted octanol–water partition coefficient (Wildman–Crippen LogP) is 1.88. The van der Waals surface area contributed by atoms with Gasteiger partial charge in [-0.15, -0.1) is 0 Å². The fourth-order valence-electron chi connectivity index (χ4n) is 3.51. The lowest BCUT2D eigenvalue weighted by Gasteiger charge is -2.33. The highest BCUT2D eigenvalue weighted by Crippen LogP contribution is 2.20. The second-order valence-electron chi connectivity index (χ2n) is 6.69. The maximum atomic E-state index is 12.0. The molecule has 2 aliphatic rings.